The Balaban J connectivity index is 2.54. The molecule has 7 heteroatoms. The fraction of sp³-hybridized carbons (Fsp3) is 0.400. The van der Waals surface area contributed by atoms with Crippen LogP contribution in [-0.4, -0.2) is 49.2 Å². The molecule has 0 aliphatic carbocycles. The van der Waals surface area contributed by atoms with Crippen molar-refractivity contribution < 1.29 is 24.2 Å². The summed E-state index contributed by atoms with van der Waals surface area (Å²) in [5.41, 5.74) is 2.49. The van der Waals surface area contributed by atoms with Crippen molar-refractivity contribution >= 4 is 17.8 Å². The minimum absolute atomic E-state index is 0.306. The van der Waals surface area contributed by atoms with Crippen molar-refractivity contribution in [1.82, 2.24) is 10.6 Å². The highest BCUT2D eigenvalue weighted by molar-refractivity contribution is 5.97. The number of carbonyl (C=O) groups is 3. The van der Waals surface area contributed by atoms with Gasteiger partial charge in [0.25, 0.3) is 5.91 Å². The van der Waals surface area contributed by atoms with Gasteiger partial charge in [-0.2, -0.15) is 0 Å². The number of aryl methyl sites for hydroxylation is 2. The lowest BCUT2D eigenvalue weighted by atomic mass is 10.1. The van der Waals surface area contributed by atoms with Gasteiger partial charge in [-0.15, -0.1) is 0 Å². The average molecular weight is 308 g/mol. The van der Waals surface area contributed by atoms with E-state index >= 15 is 0 Å². The van der Waals surface area contributed by atoms with Crippen LogP contribution in [0.25, 0.3) is 0 Å². The van der Waals surface area contributed by atoms with Crippen LogP contribution >= 0.6 is 0 Å². The number of amides is 2. The predicted octanol–water partition coefficient (Wildman–Crippen LogP) is -0.317. The molecule has 0 radical (unpaired) electrons. The molecule has 0 bridgehead atoms. The third kappa shape index (κ3) is 4.85. The van der Waals surface area contributed by atoms with Crippen molar-refractivity contribution in [3.8, 4) is 0 Å². The molecule has 3 N–H and O–H groups in total. The number of aliphatic hydroxyl groups is 1. The molecule has 1 atom stereocenters. The number of esters is 1. The number of aliphatic hydroxyl groups excluding tert-OH is 1. The van der Waals surface area contributed by atoms with Crippen molar-refractivity contribution in [3.63, 3.8) is 0 Å². The van der Waals surface area contributed by atoms with Gasteiger partial charge in [0.2, 0.25) is 5.91 Å². The number of benzene rings is 1. The quantitative estimate of drug-likeness (QED) is 0.625. The van der Waals surface area contributed by atoms with Gasteiger partial charge in [-0.25, -0.2) is 4.79 Å². The van der Waals surface area contributed by atoms with Gasteiger partial charge in [0.15, 0.2) is 6.04 Å². The Morgan fingerprint density at radius 1 is 1.23 bits per heavy atom. The van der Waals surface area contributed by atoms with Crippen molar-refractivity contribution in [3.05, 3.63) is 34.9 Å². The monoisotopic (exact) mass is 308 g/mol. The molecule has 0 fully saturated rings. The van der Waals surface area contributed by atoms with Crippen LogP contribution in [0, 0.1) is 13.8 Å². The normalized spacial score (nSPS) is 11.5. The van der Waals surface area contributed by atoms with Crippen LogP contribution < -0.4 is 10.6 Å². The zero-order valence-corrected chi connectivity index (χ0v) is 12.8. The van der Waals surface area contributed by atoms with Crippen LogP contribution in [0.4, 0.5) is 0 Å². The number of hydrogen-bond acceptors (Lipinski definition) is 5. The summed E-state index contributed by atoms with van der Waals surface area (Å²) < 4.78 is 4.42. The van der Waals surface area contributed by atoms with Crippen molar-refractivity contribution in [2.45, 2.75) is 19.9 Å². The highest BCUT2D eigenvalue weighted by Gasteiger charge is 2.20. The van der Waals surface area contributed by atoms with Gasteiger partial charge < -0.3 is 20.5 Å². The summed E-state index contributed by atoms with van der Waals surface area (Å²) in [6.45, 7) is 2.94. The van der Waals surface area contributed by atoms with Gasteiger partial charge in [0.1, 0.15) is 0 Å². The lowest BCUT2D eigenvalue weighted by Crippen LogP contribution is -2.47. The van der Waals surface area contributed by atoms with E-state index in [1.54, 1.807) is 12.1 Å². The molecule has 120 valence electrons. The van der Waals surface area contributed by atoms with E-state index in [4.69, 9.17) is 5.11 Å². The third-order valence-electron chi connectivity index (χ3n) is 3.18. The molecule has 0 spiro atoms. The maximum absolute atomic E-state index is 11.9. The predicted molar refractivity (Wildman–Crippen MR) is 79.3 cm³/mol. The maximum Gasteiger partial charge on any atom is 0.330 e. The van der Waals surface area contributed by atoms with Gasteiger partial charge in [0, 0.05) is 5.56 Å². The van der Waals surface area contributed by atoms with Crippen molar-refractivity contribution in [2.75, 3.05) is 20.3 Å². The second kappa shape index (κ2) is 8.14. The number of ether oxygens (including phenoxy) is 1. The van der Waals surface area contributed by atoms with E-state index in [2.05, 4.69) is 15.4 Å². The molecule has 2 amide bonds. The Labute approximate surface area is 128 Å². The van der Waals surface area contributed by atoms with E-state index in [0.717, 1.165) is 18.2 Å². The molecule has 1 aromatic rings. The minimum atomic E-state index is -1.14. The molecule has 22 heavy (non-hydrogen) atoms. The Morgan fingerprint density at radius 2 is 1.91 bits per heavy atom. The summed E-state index contributed by atoms with van der Waals surface area (Å²) in [6, 6.07) is 4.08. The first-order valence-corrected chi connectivity index (χ1v) is 6.72. The summed E-state index contributed by atoms with van der Waals surface area (Å²) in [4.78, 5) is 34.8. The molecule has 0 aliphatic rings. The standard InChI is InChI=1S/C15H20N2O5/c1-9-4-5-11(6-10(9)2)14(20)16-7-13(19)17-12(8-18)15(21)22-3/h4-6,12,18H,7-8H2,1-3H3,(H,16,20)(H,17,19)/t12-/m0/s1. The molecule has 0 heterocycles. The number of methoxy groups -OCH3 is 1. The Hall–Kier alpha value is -2.41. The fourth-order valence-corrected chi connectivity index (χ4v) is 1.71. The van der Waals surface area contributed by atoms with E-state index in [1.165, 1.54) is 0 Å². The van der Waals surface area contributed by atoms with Crippen molar-refractivity contribution in [1.29, 1.82) is 0 Å². The molecule has 0 aromatic heterocycles. The number of carbonyl (C=O) groups excluding carboxylic acids is 3. The van der Waals surface area contributed by atoms with Crippen LogP contribution in [0.1, 0.15) is 21.5 Å². The van der Waals surface area contributed by atoms with E-state index < -0.39 is 30.4 Å². The fourth-order valence-electron chi connectivity index (χ4n) is 1.71. The van der Waals surface area contributed by atoms with Gasteiger partial charge in [0.05, 0.1) is 20.3 Å². The zero-order chi connectivity index (χ0) is 16.7. The first-order valence-electron chi connectivity index (χ1n) is 6.72. The molecule has 1 rings (SSSR count). The Morgan fingerprint density at radius 3 is 2.45 bits per heavy atom. The average Bonchev–Trinajstić information content (AvgIpc) is 2.52. The molecule has 7 nitrogen and oxygen atoms in total. The molecular formula is C15H20N2O5. The second-order valence-corrected chi connectivity index (χ2v) is 4.81. The first kappa shape index (κ1) is 17.6. The second-order valence-electron chi connectivity index (χ2n) is 4.81. The third-order valence-corrected chi connectivity index (χ3v) is 3.18. The highest BCUT2D eigenvalue weighted by atomic mass is 16.5. The summed E-state index contributed by atoms with van der Waals surface area (Å²) in [5, 5.41) is 13.7. The van der Waals surface area contributed by atoms with E-state index in [0.29, 0.717) is 5.56 Å². The first-order chi connectivity index (χ1) is 10.4. The number of rotatable bonds is 6. The largest absolute Gasteiger partial charge is 0.467 e. The maximum atomic E-state index is 11.9. The highest BCUT2D eigenvalue weighted by Crippen LogP contribution is 2.09. The minimum Gasteiger partial charge on any atom is -0.467 e. The zero-order valence-electron chi connectivity index (χ0n) is 12.8. The topological polar surface area (TPSA) is 105 Å². The molecule has 0 saturated carbocycles. The summed E-state index contributed by atoms with van der Waals surface area (Å²) >= 11 is 0. The van der Waals surface area contributed by atoms with Crippen LogP contribution in [-0.2, 0) is 14.3 Å². The summed E-state index contributed by atoms with van der Waals surface area (Å²) in [5.74, 6) is -1.74. The van der Waals surface area contributed by atoms with Gasteiger partial charge in [-0.05, 0) is 37.1 Å². The lowest BCUT2D eigenvalue weighted by Gasteiger charge is -2.14. The molecule has 1 aromatic carbocycles. The molecule has 0 saturated heterocycles. The van der Waals surface area contributed by atoms with Crippen LogP contribution in [0.3, 0.4) is 0 Å². The molecule has 0 unspecified atom stereocenters. The lowest BCUT2D eigenvalue weighted by molar-refractivity contribution is -0.146. The number of nitrogens with one attached hydrogen (secondary N) is 2. The van der Waals surface area contributed by atoms with Crippen molar-refractivity contribution in [2.24, 2.45) is 0 Å². The Bertz CT molecular complexity index is 571. The van der Waals surface area contributed by atoms with Crippen LogP contribution in [0.15, 0.2) is 18.2 Å². The molecular weight excluding hydrogens is 288 g/mol. The van der Waals surface area contributed by atoms with Gasteiger partial charge in [-0.1, -0.05) is 6.07 Å². The van der Waals surface area contributed by atoms with E-state index in [1.807, 2.05) is 19.9 Å². The number of hydrogen-bond donors (Lipinski definition) is 3. The smallest absolute Gasteiger partial charge is 0.330 e. The van der Waals surface area contributed by atoms with E-state index in [-0.39, 0.29) is 6.54 Å². The van der Waals surface area contributed by atoms with Gasteiger partial charge in [-0.3, -0.25) is 9.59 Å². The Kier molecular flexibility index (Phi) is 6.52. The van der Waals surface area contributed by atoms with Gasteiger partial charge >= 0.3 is 5.97 Å². The summed E-state index contributed by atoms with van der Waals surface area (Å²) in [7, 11) is 1.15. The van der Waals surface area contributed by atoms with Crippen LogP contribution in [0.2, 0.25) is 0 Å². The van der Waals surface area contributed by atoms with E-state index in [9.17, 15) is 14.4 Å². The molecule has 0 aliphatic heterocycles. The summed E-state index contributed by atoms with van der Waals surface area (Å²) in [6.07, 6.45) is 0. The van der Waals surface area contributed by atoms with Crippen LogP contribution in [0.5, 0.6) is 0 Å². The SMILES string of the molecule is COC(=O)[C@H](CO)NC(=O)CNC(=O)c1ccc(C)c(C)c1.